The topological polar surface area (TPSA) is 0 Å². The van der Waals surface area contributed by atoms with Crippen LogP contribution in [0.2, 0.25) is 0 Å². The van der Waals surface area contributed by atoms with Crippen molar-refractivity contribution in [3.8, 4) is 0 Å². The van der Waals surface area contributed by atoms with Crippen LogP contribution in [-0.2, 0) is 0 Å². The molecule has 1 aromatic rings. The molecule has 0 aliphatic carbocycles. The van der Waals surface area contributed by atoms with Gasteiger partial charge in [-0.25, -0.2) is 0 Å². The van der Waals surface area contributed by atoms with Gasteiger partial charge < -0.3 is 0 Å². The second kappa shape index (κ2) is 7.06. The molecule has 0 aromatic heterocycles. The van der Waals surface area contributed by atoms with Gasteiger partial charge in [-0.15, -0.1) is 13.2 Å². The van der Waals surface area contributed by atoms with Crippen molar-refractivity contribution in [1.82, 2.24) is 0 Å². The highest BCUT2D eigenvalue weighted by Gasteiger charge is 1.87. The van der Waals surface area contributed by atoms with Crippen molar-refractivity contribution >= 4 is 13.9 Å². The van der Waals surface area contributed by atoms with E-state index in [0.29, 0.717) is 0 Å². The van der Waals surface area contributed by atoms with E-state index in [2.05, 4.69) is 51.3 Å². The number of rotatable bonds is 2. The van der Waals surface area contributed by atoms with Crippen LogP contribution in [0.1, 0.15) is 12.5 Å². The minimum absolute atomic E-state index is 0.983. The Morgan fingerprint density at radius 1 is 1.17 bits per heavy atom. The number of hydrogen-bond acceptors (Lipinski definition) is 0. The van der Waals surface area contributed by atoms with Gasteiger partial charge in [-0.05, 0) is 18.4 Å². The standard InChI is InChI=1S/C9H13P.C2H4/c1-3-10-9-6-4-8(2)5-7-9;1-2/h4-7,10H,3H2,1-2H3;1-2H2. The molecule has 0 aliphatic heterocycles. The van der Waals surface area contributed by atoms with Crippen LogP contribution in [-0.4, -0.2) is 6.16 Å². The molecular formula is C11H17P. The lowest BCUT2D eigenvalue weighted by Crippen LogP contribution is -1.92. The summed E-state index contributed by atoms with van der Waals surface area (Å²) >= 11 is 0. The van der Waals surface area contributed by atoms with E-state index < -0.39 is 0 Å². The first-order chi connectivity index (χ1) is 5.83. The molecule has 0 nitrogen and oxygen atoms in total. The van der Waals surface area contributed by atoms with Gasteiger partial charge >= 0.3 is 0 Å². The number of benzene rings is 1. The summed E-state index contributed by atoms with van der Waals surface area (Å²) in [5, 5.41) is 1.48. The minimum Gasteiger partial charge on any atom is -0.106 e. The summed E-state index contributed by atoms with van der Waals surface area (Å²) in [6, 6.07) is 8.80. The van der Waals surface area contributed by atoms with Gasteiger partial charge in [0.25, 0.3) is 0 Å². The summed E-state index contributed by atoms with van der Waals surface area (Å²) in [6.45, 7) is 10.3. The van der Waals surface area contributed by atoms with E-state index in [-0.39, 0.29) is 0 Å². The average molecular weight is 180 g/mol. The first-order valence-electron chi connectivity index (χ1n) is 4.13. The minimum atomic E-state index is 0.983. The molecule has 0 heterocycles. The Bertz CT molecular complexity index is 201. The van der Waals surface area contributed by atoms with Crippen molar-refractivity contribution in [2.75, 3.05) is 6.16 Å². The zero-order valence-electron chi connectivity index (χ0n) is 7.93. The SMILES string of the molecule is C=C.CCPc1ccc(C)cc1. The molecule has 0 saturated heterocycles. The van der Waals surface area contributed by atoms with E-state index in [9.17, 15) is 0 Å². The van der Waals surface area contributed by atoms with Crippen LogP contribution in [0.5, 0.6) is 0 Å². The molecule has 1 heteroatoms. The van der Waals surface area contributed by atoms with Gasteiger partial charge in [0.05, 0.1) is 0 Å². The molecule has 66 valence electrons. The van der Waals surface area contributed by atoms with Gasteiger partial charge in [-0.1, -0.05) is 45.3 Å². The first kappa shape index (κ1) is 11.4. The smallest absolute Gasteiger partial charge is 0.0271 e. The molecule has 1 aromatic carbocycles. The fraction of sp³-hybridized carbons (Fsp3) is 0.273. The number of aryl methyl sites for hydroxylation is 1. The molecule has 0 N–H and O–H groups in total. The van der Waals surface area contributed by atoms with E-state index in [1.54, 1.807) is 0 Å². The summed E-state index contributed by atoms with van der Waals surface area (Å²) in [6.07, 6.45) is 1.27. The van der Waals surface area contributed by atoms with Gasteiger partial charge in [0.1, 0.15) is 0 Å². The molecular weight excluding hydrogens is 163 g/mol. The molecule has 1 rings (SSSR count). The lowest BCUT2D eigenvalue weighted by molar-refractivity contribution is 1.48. The van der Waals surface area contributed by atoms with E-state index in [1.807, 2.05) is 0 Å². The fourth-order valence-corrected chi connectivity index (χ4v) is 1.69. The normalized spacial score (nSPS) is 9.50. The van der Waals surface area contributed by atoms with Crippen molar-refractivity contribution in [3.05, 3.63) is 43.0 Å². The Kier molecular flexibility index (Phi) is 6.70. The quantitative estimate of drug-likeness (QED) is 0.484. The van der Waals surface area contributed by atoms with Crippen LogP contribution < -0.4 is 5.30 Å². The highest BCUT2D eigenvalue weighted by Crippen LogP contribution is 2.08. The lowest BCUT2D eigenvalue weighted by Gasteiger charge is -1.97. The van der Waals surface area contributed by atoms with Gasteiger partial charge in [-0.3, -0.25) is 0 Å². The van der Waals surface area contributed by atoms with Gasteiger partial charge in [0.15, 0.2) is 0 Å². The van der Waals surface area contributed by atoms with Crippen LogP contribution in [0.25, 0.3) is 0 Å². The molecule has 0 fully saturated rings. The third-order valence-corrected chi connectivity index (χ3v) is 2.53. The molecule has 0 amide bonds. The molecule has 0 bridgehead atoms. The summed E-state index contributed by atoms with van der Waals surface area (Å²) < 4.78 is 0. The summed E-state index contributed by atoms with van der Waals surface area (Å²) in [7, 11) is 0.983. The van der Waals surface area contributed by atoms with Crippen LogP contribution in [0.15, 0.2) is 37.4 Å². The Hall–Kier alpha value is -0.610. The van der Waals surface area contributed by atoms with Crippen molar-refractivity contribution in [3.63, 3.8) is 0 Å². The third-order valence-electron chi connectivity index (χ3n) is 1.43. The number of hydrogen-bond donors (Lipinski definition) is 0. The van der Waals surface area contributed by atoms with Crippen molar-refractivity contribution < 1.29 is 0 Å². The Balaban J connectivity index is 0.000000561. The van der Waals surface area contributed by atoms with Crippen LogP contribution in [0, 0.1) is 6.92 Å². The van der Waals surface area contributed by atoms with E-state index in [4.69, 9.17) is 0 Å². The molecule has 1 unspecified atom stereocenters. The zero-order valence-corrected chi connectivity index (χ0v) is 8.93. The highest BCUT2D eigenvalue weighted by molar-refractivity contribution is 7.47. The predicted octanol–water partition coefficient (Wildman–Crippen LogP) is 3.12. The highest BCUT2D eigenvalue weighted by atomic mass is 31.1. The van der Waals surface area contributed by atoms with E-state index in [1.165, 1.54) is 17.0 Å². The second-order valence-electron chi connectivity index (χ2n) is 2.40. The predicted molar refractivity (Wildman–Crippen MR) is 60.9 cm³/mol. The van der Waals surface area contributed by atoms with Gasteiger partial charge in [0.2, 0.25) is 0 Å². The molecule has 0 spiro atoms. The maximum absolute atomic E-state index is 3.00. The van der Waals surface area contributed by atoms with Crippen molar-refractivity contribution in [2.24, 2.45) is 0 Å². The fourth-order valence-electron chi connectivity index (χ4n) is 0.876. The van der Waals surface area contributed by atoms with Crippen molar-refractivity contribution in [1.29, 1.82) is 0 Å². The maximum Gasteiger partial charge on any atom is -0.0271 e. The second-order valence-corrected chi connectivity index (χ2v) is 4.03. The molecule has 1 atom stereocenters. The Morgan fingerprint density at radius 2 is 1.67 bits per heavy atom. The average Bonchev–Trinajstić information content (AvgIpc) is 2.13. The Labute approximate surface area is 77.5 Å². The van der Waals surface area contributed by atoms with Crippen LogP contribution in [0.3, 0.4) is 0 Å². The van der Waals surface area contributed by atoms with E-state index >= 15 is 0 Å². The summed E-state index contributed by atoms with van der Waals surface area (Å²) in [4.78, 5) is 0. The van der Waals surface area contributed by atoms with Gasteiger partial charge in [0, 0.05) is 0 Å². The molecule has 0 aliphatic rings. The van der Waals surface area contributed by atoms with Gasteiger partial charge in [-0.2, -0.15) is 0 Å². The zero-order chi connectivity index (χ0) is 9.40. The molecule has 0 saturated carbocycles. The third kappa shape index (κ3) is 4.31. The first-order valence-corrected chi connectivity index (χ1v) is 5.34. The monoisotopic (exact) mass is 180 g/mol. The molecule has 0 radical (unpaired) electrons. The lowest BCUT2D eigenvalue weighted by atomic mass is 10.2. The Morgan fingerprint density at radius 3 is 2.08 bits per heavy atom. The summed E-state index contributed by atoms with van der Waals surface area (Å²) in [5.74, 6) is 0. The maximum atomic E-state index is 3.00. The molecule has 12 heavy (non-hydrogen) atoms. The van der Waals surface area contributed by atoms with Crippen LogP contribution >= 0.6 is 8.58 Å². The largest absolute Gasteiger partial charge is 0.106 e. The van der Waals surface area contributed by atoms with Crippen molar-refractivity contribution in [2.45, 2.75) is 13.8 Å². The summed E-state index contributed by atoms with van der Waals surface area (Å²) in [5.41, 5.74) is 1.35. The van der Waals surface area contributed by atoms with Crippen LogP contribution in [0.4, 0.5) is 0 Å². The van der Waals surface area contributed by atoms with E-state index in [0.717, 1.165) is 8.58 Å².